The zero-order chi connectivity index (χ0) is 19.9. The molecule has 0 aromatic heterocycles. The fourth-order valence-electron chi connectivity index (χ4n) is 3.60. The summed E-state index contributed by atoms with van der Waals surface area (Å²) >= 11 is 0. The van der Waals surface area contributed by atoms with Gasteiger partial charge in [-0.1, -0.05) is 43.3 Å². The smallest absolute Gasteiger partial charge is 0.255 e. The number of amides is 2. The number of fused-ring (bicyclic) bond motifs is 1. The van der Waals surface area contributed by atoms with Crippen molar-refractivity contribution >= 4 is 11.8 Å². The van der Waals surface area contributed by atoms with Crippen molar-refractivity contribution in [2.24, 2.45) is 5.73 Å². The lowest BCUT2D eigenvalue weighted by Gasteiger charge is -2.35. The molecule has 2 amide bonds. The summed E-state index contributed by atoms with van der Waals surface area (Å²) in [5, 5.41) is 3.02. The molecule has 1 heterocycles. The fraction of sp³-hybridized carbons (Fsp3) is 0.364. The standard InChI is InChI=1S/C22H27N3O3/c1-2-18(25-12-11-16-7-3-4-8-17(16)14-25)13-24-22(27)19-9-5-6-10-20(19)28-15-21(23)26/h3-10,18H,2,11-15H2,1H3,(H2,23,26)(H,24,27). The Morgan fingerprint density at radius 2 is 1.86 bits per heavy atom. The van der Waals surface area contributed by atoms with Crippen molar-refractivity contribution < 1.29 is 14.3 Å². The number of rotatable bonds is 8. The minimum atomic E-state index is -0.577. The van der Waals surface area contributed by atoms with Crippen LogP contribution in [0.5, 0.6) is 5.75 Å². The summed E-state index contributed by atoms with van der Waals surface area (Å²) < 4.78 is 5.36. The average molecular weight is 381 g/mol. The van der Waals surface area contributed by atoms with Crippen LogP contribution in [0.3, 0.4) is 0 Å². The van der Waals surface area contributed by atoms with E-state index in [1.54, 1.807) is 24.3 Å². The molecule has 0 radical (unpaired) electrons. The first-order chi connectivity index (χ1) is 13.6. The molecule has 0 saturated carbocycles. The van der Waals surface area contributed by atoms with Gasteiger partial charge in [0, 0.05) is 25.7 Å². The number of primary amides is 1. The number of hydrogen-bond acceptors (Lipinski definition) is 4. The molecule has 1 aliphatic rings. The van der Waals surface area contributed by atoms with Crippen LogP contribution >= 0.6 is 0 Å². The molecule has 148 valence electrons. The molecule has 1 atom stereocenters. The first-order valence-electron chi connectivity index (χ1n) is 9.67. The van der Waals surface area contributed by atoms with Gasteiger partial charge < -0.3 is 15.8 Å². The van der Waals surface area contributed by atoms with Crippen LogP contribution < -0.4 is 15.8 Å². The molecule has 6 heteroatoms. The van der Waals surface area contributed by atoms with Crippen LogP contribution in [0, 0.1) is 0 Å². The highest BCUT2D eigenvalue weighted by molar-refractivity contribution is 5.97. The van der Waals surface area contributed by atoms with Gasteiger partial charge in [0.1, 0.15) is 5.75 Å². The molecule has 2 aromatic rings. The van der Waals surface area contributed by atoms with Gasteiger partial charge in [0.15, 0.2) is 6.61 Å². The number of hydrogen-bond donors (Lipinski definition) is 2. The number of nitrogens with zero attached hydrogens (tertiary/aromatic N) is 1. The van der Waals surface area contributed by atoms with Gasteiger partial charge in [-0.05, 0) is 36.1 Å². The summed E-state index contributed by atoms with van der Waals surface area (Å²) in [5.41, 5.74) is 8.31. The highest BCUT2D eigenvalue weighted by Crippen LogP contribution is 2.22. The Hall–Kier alpha value is -2.86. The Bertz CT molecular complexity index is 837. The lowest BCUT2D eigenvalue weighted by atomic mass is 9.98. The van der Waals surface area contributed by atoms with E-state index < -0.39 is 5.91 Å². The topological polar surface area (TPSA) is 84.7 Å². The molecule has 0 bridgehead atoms. The molecular formula is C22H27N3O3. The molecule has 3 rings (SSSR count). The molecular weight excluding hydrogens is 354 g/mol. The van der Waals surface area contributed by atoms with Gasteiger partial charge in [-0.15, -0.1) is 0 Å². The molecule has 28 heavy (non-hydrogen) atoms. The van der Waals surface area contributed by atoms with Crippen molar-refractivity contribution in [3.05, 3.63) is 65.2 Å². The minimum absolute atomic E-state index is 0.212. The maximum Gasteiger partial charge on any atom is 0.255 e. The number of benzene rings is 2. The summed E-state index contributed by atoms with van der Waals surface area (Å²) in [6, 6.07) is 15.7. The number of nitrogens with two attached hydrogens (primary N) is 1. The van der Waals surface area contributed by atoms with Gasteiger partial charge in [0.2, 0.25) is 0 Å². The van der Waals surface area contributed by atoms with Crippen LogP contribution in [-0.4, -0.2) is 42.5 Å². The molecule has 0 saturated heterocycles. The van der Waals surface area contributed by atoms with Crippen molar-refractivity contribution in [3.63, 3.8) is 0 Å². The van der Waals surface area contributed by atoms with Gasteiger partial charge in [0.05, 0.1) is 5.56 Å². The van der Waals surface area contributed by atoms with Crippen molar-refractivity contribution in [2.75, 3.05) is 19.7 Å². The van der Waals surface area contributed by atoms with Crippen molar-refractivity contribution in [2.45, 2.75) is 32.4 Å². The highest BCUT2D eigenvalue weighted by Gasteiger charge is 2.23. The predicted molar refractivity (Wildman–Crippen MR) is 108 cm³/mol. The first-order valence-corrected chi connectivity index (χ1v) is 9.67. The monoisotopic (exact) mass is 381 g/mol. The molecule has 0 aliphatic carbocycles. The van der Waals surface area contributed by atoms with E-state index in [9.17, 15) is 9.59 Å². The maximum absolute atomic E-state index is 12.7. The van der Waals surface area contributed by atoms with Gasteiger partial charge in [-0.2, -0.15) is 0 Å². The minimum Gasteiger partial charge on any atom is -0.483 e. The van der Waals surface area contributed by atoms with E-state index in [1.807, 2.05) is 0 Å². The maximum atomic E-state index is 12.7. The Balaban J connectivity index is 1.61. The molecule has 1 aliphatic heterocycles. The van der Waals surface area contributed by atoms with Crippen molar-refractivity contribution in [3.8, 4) is 5.75 Å². The number of ether oxygens (including phenoxy) is 1. The molecule has 0 spiro atoms. The van der Waals surface area contributed by atoms with Crippen LogP contribution in [0.1, 0.15) is 34.8 Å². The van der Waals surface area contributed by atoms with Crippen molar-refractivity contribution in [1.29, 1.82) is 0 Å². The average Bonchev–Trinajstić information content (AvgIpc) is 2.72. The quantitative estimate of drug-likeness (QED) is 0.734. The second kappa shape index (κ2) is 9.37. The van der Waals surface area contributed by atoms with Crippen LogP contribution in [0.2, 0.25) is 0 Å². The van der Waals surface area contributed by atoms with E-state index in [0.717, 1.165) is 25.9 Å². The van der Waals surface area contributed by atoms with E-state index in [1.165, 1.54) is 11.1 Å². The summed E-state index contributed by atoms with van der Waals surface area (Å²) in [6.45, 7) is 4.34. The zero-order valence-corrected chi connectivity index (χ0v) is 16.2. The summed E-state index contributed by atoms with van der Waals surface area (Å²) in [6.07, 6.45) is 1.98. The van der Waals surface area contributed by atoms with Crippen molar-refractivity contribution in [1.82, 2.24) is 10.2 Å². The van der Waals surface area contributed by atoms with E-state index in [2.05, 4.69) is 41.4 Å². The van der Waals surface area contributed by atoms with Gasteiger partial charge in [-0.25, -0.2) is 0 Å². The Labute approximate surface area is 165 Å². The van der Waals surface area contributed by atoms with E-state index in [4.69, 9.17) is 10.5 Å². The summed E-state index contributed by atoms with van der Waals surface area (Å²) in [5.74, 6) is -0.429. The Morgan fingerprint density at radius 1 is 1.14 bits per heavy atom. The highest BCUT2D eigenvalue weighted by atomic mass is 16.5. The van der Waals surface area contributed by atoms with Gasteiger partial charge in [-0.3, -0.25) is 14.5 Å². The van der Waals surface area contributed by atoms with Crippen LogP contribution in [0.25, 0.3) is 0 Å². The second-order valence-corrected chi connectivity index (χ2v) is 7.01. The molecule has 6 nitrogen and oxygen atoms in total. The van der Waals surface area contributed by atoms with E-state index in [-0.39, 0.29) is 18.6 Å². The lowest BCUT2D eigenvalue weighted by Crippen LogP contribution is -2.45. The van der Waals surface area contributed by atoms with Gasteiger partial charge in [0.25, 0.3) is 11.8 Å². The molecule has 0 fully saturated rings. The molecule has 2 aromatic carbocycles. The summed E-state index contributed by atoms with van der Waals surface area (Å²) in [4.78, 5) is 26.1. The van der Waals surface area contributed by atoms with E-state index in [0.29, 0.717) is 17.9 Å². The third-order valence-electron chi connectivity index (χ3n) is 5.15. The second-order valence-electron chi connectivity index (χ2n) is 7.01. The normalized spacial score (nSPS) is 14.8. The number of carbonyl (C=O) groups excluding carboxylic acids is 2. The first kappa shape index (κ1) is 19.9. The molecule has 3 N–H and O–H groups in total. The van der Waals surface area contributed by atoms with Crippen LogP contribution in [-0.2, 0) is 17.8 Å². The lowest BCUT2D eigenvalue weighted by molar-refractivity contribution is -0.119. The SMILES string of the molecule is CCC(CNC(=O)c1ccccc1OCC(N)=O)N1CCc2ccccc2C1. The summed E-state index contributed by atoms with van der Waals surface area (Å²) in [7, 11) is 0. The largest absolute Gasteiger partial charge is 0.483 e. The third kappa shape index (κ3) is 4.89. The van der Waals surface area contributed by atoms with E-state index >= 15 is 0 Å². The number of nitrogens with one attached hydrogen (secondary N) is 1. The third-order valence-corrected chi connectivity index (χ3v) is 5.15. The Morgan fingerprint density at radius 3 is 2.61 bits per heavy atom. The molecule has 1 unspecified atom stereocenters. The fourth-order valence-corrected chi connectivity index (χ4v) is 3.60. The van der Waals surface area contributed by atoms with Crippen LogP contribution in [0.15, 0.2) is 48.5 Å². The number of para-hydroxylation sites is 1. The predicted octanol–water partition coefficient (Wildman–Crippen LogP) is 2.12. The zero-order valence-electron chi connectivity index (χ0n) is 16.2. The van der Waals surface area contributed by atoms with Gasteiger partial charge >= 0.3 is 0 Å². The Kier molecular flexibility index (Phi) is 6.66. The van der Waals surface area contributed by atoms with Crippen LogP contribution in [0.4, 0.5) is 0 Å². The number of carbonyl (C=O) groups is 2.